The van der Waals surface area contributed by atoms with Crippen LogP contribution in [0.15, 0.2) is 53.0 Å². The molecule has 1 aliphatic heterocycles. The average molecular weight is 408 g/mol. The fourth-order valence-electron chi connectivity index (χ4n) is 3.13. The molecule has 0 atom stereocenters. The molecular weight excluding hydrogens is 395 g/mol. The predicted molar refractivity (Wildman–Crippen MR) is 93.9 cm³/mol. The molecule has 2 aromatic carbocycles. The zero-order valence-electron chi connectivity index (χ0n) is 12.9. The highest BCUT2D eigenvalue weighted by Crippen LogP contribution is 2.41. The Hall–Kier alpha value is -2.28. The molecule has 1 aromatic heterocycles. The second-order valence-corrected chi connectivity index (χ2v) is 6.61. The Balaban J connectivity index is 1.95. The normalized spacial score (nSPS) is 13.6. The Labute approximate surface area is 150 Å². The van der Waals surface area contributed by atoms with Crippen LogP contribution in [-0.4, -0.2) is 16.3 Å². The van der Waals surface area contributed by atoms with E-state index in [2.05, 4.69) is 26.3 Å². The van der Waals surface area contributed by atoms with Crippen LogP contribution in [0, 0.1) is 0 Å². The van der Waals surface area contributed by atoms with Crippen LogP contribution in [0.3, 0.4) is 0 Å². The van der Waals surface area contributed by atoms with Crippen molar-refractivity contribution in [2.75, 3.05) is 11.9 Å². The van der Waals surface area contributed by atoms with E-state index in [0.29, 0.717) is 18.7 Å². The summed E-state index contributed by atoms with van der Waals surface area (Å²) >= 11 is 3.48. The van der Waals surface area contributed by atoms with Gasteiger partial charge in [-0.05, 0) is 40.5 Å². The SMILES string of the molecule is FC(F)(F)c1ccccc1-c1nn(-c2ccccc2Br)c2c1CCN2. The van der Waals surface area contributed by atoms with Gasteiger partial charge in [0.05, 0.1) is 16.9 Å². The average Bonchev–Trinajstić information content (AvgIpc) is 3.17. The minimum atomic E-state index is -4.42. The van der Waals surface area contributed by atoms with Gasteiger partial charge in [0.2, 0.25) is 0 Å². The van der Waals surface area contributed by atoms with Crippen LogP contribution in [0.2, 0.25) is 0 Å². The fourth-order valence-corrected chi connectivity index (χ4v) is 3.58. The summed E-state index contributed by atoms with van der Waals surface area (Å²) in [5.74, 6) is 0.749. The third-order valence-corrected chi connectivity index (χ3v) is 4.89. The summed E-state index contributed by atoms with van der Waals surface area (Å²) in [5, 5.41) is 7.77. The molecule has 0 bridgehead atoms. The van der Waals surface area contributed by atoms with Gasteiger partial charge in [0, 0.05) is 22.1 Å². The van der Waals surface area contributed by atoms with Gasteiger partial charge >= 0.3 is 6.18 Å². The number of aromatic nitrogens is 2. The third kappa shape index (κ3) is 2.72. The Morgan fingerprint density at radius 3 is 2.52 bits per heavy atom. The lowest BCUT2D eigenvalue weighted by atomic mass is 10.0. The Kier molecular flexibility index (Phi) is 3.83. The highest BCUT2D eigenvalue weighted by molar-refractivity contribution is 9.10. The second kappa shape index (κ2) is 5.91. The van der Waals surface area contributed by atoms with Crippen molar-refractivity contribution in [1.29, 1.82) is 0 Å². The standard InChI is InChI=1S/C18H13BrF3N3/c19-14-7-3-4-8-15(14)25-17-12(9-10-23-17)16(24-25)11-5-1-2-6-13(11)18(20,21)22/h1-8,23H,9-10H2. The number of rotatable bonds is 2. The van der Waals surface area contributed by atoms with Crippen molar-refractivity contribution in [2.45, 2.75) is 12.6 Å². The van der Waals surface area contributed by atoms with Crippen molar-refractivity contribution < 1.29 is 13.2 Å². The van der Waals surface area contributed by atoms with E-state index in [1.165, 1.54) is 12.1 Å². The number of halogens is 4. The van der Waals surface area contributed by atoms with Gasteiger partial charge in [0.1, 0.15) is 5.82 Å². The van der Waals surface area contributed by atoms with E-state index in [1.807, 2.05) is 24.3 Å². The monoisotopic (exact) mass is 407 g/mol. The second-order valence-electron chi connectivity index (χ2n) is 5.76. The molecule has 128 valence electrons. The maximum Gasteiger partial charge on any atom is 0.417 e. The van der Waals surface area contributed by atoms with Crippen LogP contribution in [0.5, 0.6) is 0 Å². The number of fused-ring (bicyclic) bond motifs is 1. The van der Waals surface area contributed by atoms with Crippen LogP contribution in [0.4, 0.5) is 19.0 Å². The highest BCUT2D eigenvalue weighted by Gasteiger charge is 2.35. The van der Waals surface area contributed by atoms with E-state index in [1.54, 1.807) is 10.7 Å². The molecule has 25 heavy (non-hydrogen) atoms. The van der Waals surface area contributed by atoms with E-state index < -0.39 is 11.7 Å². The van der Waals surface area contributed by atoms with Gasteiger partial charge in [0.25, 0.3) is 0 Å². The van der Waals surface area contributed by atoms with E-state index in [9.17, 15) is 13.2 Å². The highest BCUT2D eigenvalue weighted by atomic mass is 79.9. The van der Waals surface area contributed by atoms with Crippen molar-refractivity contribution in [3.8, 4) is 16.9 Å². The Morgan fingerprint density at radius 2 is 1.76 bits per heavy atom. The summed E-state index contributed by atoms with van der Waals surface area (Å²) in [6.07, 6.45) is -3.78. The minimum absolute atomic E-state index is 0.112. The largest absolute Gasteiger partial charge is 0.417 e. The van der Waals surface area contributed by atoms with E-state index in [-0.39, 0.29) is 5.56 Å². The van der Waals surface area contributed by atoms with Crippen molar-refractivity contribution in [2.24, 2.45) is 0 Å². The molecule has 3 nitrogen and oxygen atoms in total. The Morgan fingerprint density at radius 1 is 1.04 bits per heavy atom. The lowest BCUT2D eigenvalue weighted by molar-refractivity contribution is -0.137. The van der Waals surface area contributed by atoms with Crippen molar-refractivity contribution >= 4 is 21.7 Å². The number of nitrogens with zero attached hydrogens (tertiary/aromatic N) is 2. The molecule has 0 saturated heterocycles. The summed E-state index contributed by atoms with van der Waals surface area (Å²) in [6, 6.07) is 13.1. The van der Waals surface area contributed by atoms with E-state index in [4.69, 9.17) is 0 Å². The zero-order chi connectivity index (χ0) is 17.6. The molecular formula is C18H13BrF3N3. The lowest BCUT2D eigenvalue weighted by Gasteiger charge is -2.12. The molecule has 3 aromatic rings. The molecule has 0 radical (unpaired) electrons. The van der Waals surface area contributed by atoms with Crippen LogP contribution in [0.25, 0.3) is 16.9 Å². The fraction of sp³-hybridized carbons (Fsp3) is 0.167. The third-order valence-electron chi connectivity index (χ3n) is 4.22. The predicted octanol–water partition coefficient (Wildman–Crippen LogP) is 5.29. The summed E-state index contributed by atoms with van der Waals surface area (Å²) in [6.45, 7) is 0.679. The smallest absolute Gasteiger partial charge is 0.369 e. The molecule has 2 heterocycles. The maximum absolute atomic E-state index is 13.4. The van der Waals surface area contributed by atoms with Gasteiger partial charge in [-0.25, -0.2) is 4.68 Å². The van der Waals surface area contributed by atoms with E-state index >= 15 is 0 Å². The Bertz CT molecular complexity index is 947. The van der Waals surface area contributed by atoms with Crippen LogP contribution in [-0.2, 0) is 12.6 Å². The molecule has 0 spiro atoms. The van der Waals surface area contributed by atoms with Crippen molar-refractivity contribution in [1.82, 2.24) is 9.78 Å². The lowest BCUT2D eigenvalue weighted by Crippen LogP contribution is -2.08. The first-order valence-corrected chi connectivity index (χ1v) is 8.53. The number of para-hydroxylation sites is 1. The number of hydrogen-bond donors (Lipinski definition) is 1. The van der Waals surface area contributed by atoms with Gasteiger partial charge in [0.15, 0.2) is 0 Å². The molecule has 0 unspecified atom stereocenters. The topological polar surface area (TPSA) is 29.9 Å². The van der Waals surface area contributed by atoms with Crippen molar-refractivity contribution in [3.63, 3.8) is 0 Å². The van der Waals surface area contributed by atoms with Gasteiger partial charge < -0.3 is 5.32 Å². The molecule has 0 aliphatic carbocycles. The summed E-state index contributed by atoms with van der Waals surface area (Å²) in [5.41, 5.74) is 1.42. The number of anilines is 1. The maximum atomic E-state index is 13.4. The number of nitrogens with one attached hydrogen (secondary N) is 1. The summed E-state index contributed by atoms with van der Waals surface area (Å²) < 4.78 is 42.8. The molecule has 0 saturated carbocycles. The number of hydrogen-bond acceptors (Lipinski definition) is 2. The number of benzene rings is 2. The van der Waals surface area contributed by atoms with E-state index in [0.717, 1.165) is 27.6 Å². The molecule has 0 amide bonds. The molecule has 4 rings (SSSR count). The molecule has 0 fully saturated rings. The van der Waals surface area contributed by atoms with Crippen molar-refractivity contribution in [3.05, 3.63) is 64.1 Å². The molecule has 1 aliphatic rings. The number of alkyl halides is 3. The van der Waals surface area contributed by atoms with Crippen LogP contribution in [0.1, 0.15) is 11.1 Å². The van der Waals surface area contributed by atoms with Crippen LogP contribution >= 0.6 is 15.9 Å². The van der Waals surface area contributed by atoms with Gasteiger partial charge in [-0.3, -0.25) is 0 Å². The van der Waals surface area contributed by atoms with Gasteiger partial charge in [-0.2, -0.15) is 18.3 Å². The first-order chi connectivity index (χ1) is 12.0. The summed E-state index contributed by atoms with van der Waals surface area (Å²) in [4.78, 5) is 0. The quantitative estimate of drug-likeness (QED) is 0.625. The summed E-state index contributed by atoms with van der Waals surface area (Å²) in [7, 11) is 0. The minimum Gasteiger partial charge on any atom is -0.369 e. The first kappa shape index (κ1) is 16.2. The zero-order valence-corrected chi connectivity index (χ0v) is 14.5. The molecule has 7 heteroatoms. The first-order valence-electron chi connectivity index (χ1n) is 7.74. The van der Waals surface area contributed by atoms with Gasteiger partial charge in [-0.1, -0.05) is 30.3 Å². The van der Waals surface area contributed by atoms with Crippen LogP contribution < -0.4 is 5.32 Å². The molecule has 1 N–H and O–H groups in total. The van der Waals surface area contributed by atoms with Gasteiger partial charge in [-0.15, -0.1) is 0 Å².